The first-order valence-corrected chi connectivity index (χ1v) is 6.60. The summed E-state index contributed by atoms with van der Waals surface area (Å²) in [5.74, 6) is -0.314. The number of hydrogen-bond acceptors (Lipinski definition) is 6. The second-order valence-corrected chi connectivity index (χ2v) is 5.94. The van der Waals surface area contributed by atoms with Crippen LogP contribution in [0.15, 0.2) is 11.7 Å². The van der Waals surface area contributed by atoms with Crippen LogP contribution in [-0.4, -0.2) is 27.6 Å². The van der Waals surface area contributed by atoms with Gasteiger partial charge in [-0.2, -0.15) is 0 Å². The number of ether oxygens (including phenoxy) is 1. The van der Waals surface area contributed by atoms with E-state index < -0.39 is 5.97 Å². The number of methoxy groups -OCH3 is 1. The molecule has 0 aliphatic carbocycles. The van der Waals surface area contributed by atoms with Crippen molar-refractivity contribution in [3.8, 4) is 5.13 Å². The van der Waals surface area contributed by atoms with Crippen molar-refractivity contribution in [2.24, 2.45) is 0 Å². The highest BCUT2D eigenvalue weighted by molar-refractivity contribution is 7.12. The number of nitrogen functional groups attached to an aromatic ring is 1. The molecule has 0 atom stereocenters. The van der Waals surface area contributed by atoms with Crippen LogP contribution >= 0.6 is 11.3 Å². The maximum Gasteiger partial charge on any atom is 0.360 e. The topological polar surface area (TPSA) is 83.0 Å². The molecule has 0 saturated heterocycles. The molecule has 6 nitrogen and oxygen atoms in total. The Morgan fingerprint density at radius 1 is 1.47 bits per heavy atom. The fraction of sp³-hybridized carbons (Fsp3) is 0.417. The number of anilines is 1. The highest BCUT2D eigenvalue weighted by Gasteiger charge is 2.21. The Morgan fingerprint density at radius 2 is 2.16 bits per heavy atom. The first kappa shape index (κ1) is 13.5. The number of carbonyl (C=O) groups is 1. The fourth-order valence-electron chi connectivity index (χ4n) is 1.48. The van der Waals surface area contributed by atoms with E-state index in [1.54, 1.807) is 4.57 Å². The van der Waals surface area contributed by atoms with Crippen LogP contribution in [0.3, 0.4) is 0 Å². The van der Waals surface area contributed by atoms with E-state index in [-0.39, 0.29) is 16.9 Å². The summed E-state index contributed by atoms with van der Waals surface area (Å²) in [6, 6.07) is 0. The summed E-state index contributed by atoms with van der Waals surface area (Å²) in [6.07, 6.45) is 1.48. The van der Waals surface area contributed by atoms with E-state index in [9.17, 15) is 4.79 Å². The smallest absolute Gasteiger partial charge is 0.360 e. The molecule has 0 bridgehead atoms. The summed E-state index contributed by atoms with van der Waals surface area (Å²) in [7, 11) is 1.29. The predicted octanol–water partition coefficient (Wildman–Crippen LogP) is 2.00. The summed E-state index contributed by atoms with van der Waals surface area (Å²) < 4.78 is 6.20. The van der Waals surface area contributed by atoms with Crippen LogP contribution in [0.25, 0.3) is 5.13 Å². The Kier molecular flexibility index (Phi) is 3.32. The quantitative estimate of drug-likeness (QED) is 0.851. The van der Waals surface area contributed by atoms with Gasteiger partial charge in [0, 0.05) is 10.8 Å². The van der Waals surface area contributed by atoms with Crippen molar-refractivity contribution in [2.75, 3.05) is 12.8 Å². The third-order valence-electron chi connectivity index (χ3n) is 2.65. The average molecular weight is 280 g/mol. The van der Waals surface area contributed by atoms with Crippen molar-refractivity contribution in [3.63, 3.8) is 0 Å². The van der Waals surface area contributed by atoms with E-state index in [1.807, 2.05) is 5.38 Å². The molecule has 0 spiro atoms. The number of aromatic nitrogens is 3. The molecule has 2 aromatic rings. The van der Waals surface area contributed by atoms with Crippen molar-refractivity contribution in [1.29, 1.82) is 0 Å². The molecule has 0 aliphatic rings. The molecule has 7 heteroatoms. The first-order valence-electron chi connectivity index (χ1n) is 5.72. The van der Waals surface area contributed by atoms with E-state index in [2.05, 4.69) is 35.5 Å². The molecule has 102 valence electrons. The molecule has 2 aromatic heterocycles. The van der Waals surface area contributed by atoms with Crippen LogP contribution < -0.4 is 5.73 Å². The Labute approximate surface area is 115 Å². The Morgan fingerprint density at radius 3 is 2.68 bits per heavy atom. The van der Waals surface area contributed by atoms with Gasteiger partial charge in [-0.3, -0.25) is 4.57 Å². The zero-order chi connectivity index (χ0) is 14.2. The van der Waals surface area contributed by atoms with Crippen LogP contribution in [0.1, 0.15) is 37.0 Å². The molecule has 2 N–H and O–H groups in total. The number of rotatable bonds is 2. The number of nitrogens with zero attached hydrogens (tertiary/aromatic N) is 3. The van der Waals surface area contributed by atoms with E-state index in [0.717, 1.165) is 5.69 Å². The van der Waals surface area contributed by atoms with E-state index in [0.29, 0.717) is 5.13 Å². The van der Waals surface area contributed by atoms with E-state index >= 15 is 0 Å². The normalized spacial score (nSPS) is 11.6. The molecule has 0 aromatic carbocycles. The standard InChI is InChI=1S/C12H16N4O2S/c1-12(2,3)7-5-19-11(15-7)16-6-14-8(9(16)13)10(17)18-4/h5-6H,13H2,1-4H3. The van der Waals surface area contributed by atoms with E-state index in [1.165, 1.54) is 24.8 Å². The van der Waals surface area contributed by atoms with Gasteiger partial charge in [-0.05, 0) is 0 Å². The average Bonchev–Trinajstić information content (AvgIpc) is 2.93. The van der Waals surface area contributed by atoms with Crippen molar-refractivity contribution < 1.29 is 9.53 Å². The minimum atomic E-state index is -0.552. The Balaban J connectivity index is 2.41. The molecule has 0 amide bonds. The lowest BCUT2D eigenvalue weighted by Gasteiger charge is -2.14. The maximum atomic E-state index is 11.4. The highest BCUT2D eigenvalue weighted by atomic mass is 32.1. The van der Waals surface area contributed by atoms with Gasteiger partial charge < -0.3 is 10.5 Å². The second kappa shape index (κ2) is 4.65. The predicted molar refractivity (Wildman–Crippen MR) is 73.7 cm³/mol. The molecule has 0 radical (unpaired) electrons. The SMILES string of the molecule is COC(=O)c1ncn(-c2nc(C(C)(C)C)cs2)c1N. The molecular weight excluding hydrogens is 264 g/mol. The molecule has 0 unspecified atom stereocenters. The molecule has 2 heterocycles. The summed E-state index contributed by atoms with van der Waals surface area (Å²) in [4.78, 5) is 19.9. The summed E-state index contributed by atoms with van der Waals surface area (Å²) in [5.41, 5.74) is 6.94. The number of hydrogen-bond donors (Lipinski definition) is 1. The van der Waals surface area contributed by atoms with Gasteiger partial charge in [0.15, 0.2) is 10.8 Å². The summed E-state index contributed by atoms with van der Waals surface area (Å²) >= 11 is 1.46. The highest BCUT2D eigenvalue weighted by Crippen LogP contribution is 2.27. The van der Waals surface area contributed by atoms with Crippen molar-refractivity contribution in [3.05, 3.63) is 23.1 Å². The molecule has 2 rings (SSSR count). The third kappa shape index (κ3) is 2.46. The van der Waals surface area contributed by atoms with Gasteiger partial charge in [-0.15, -0.1) is 11.3 Å². The van der Waals surface area contributed by atoms with Crippen LogP contribution in [0, 0.1) is 0 Å². The minimum absolute atomic E-state index is 0.0325. The van der Waals surface area contributed by atoms with Crippen LogP contribution in [0.2, 0.25) is 0 Å². The van der Waals surface area contributed by atoms with Crippen molar-refractivity contribution in [1.82, 2.24) is 14.5 Å². The molecule has 0 saturated carbocycles. The third-order valence-corrected chi connectivity index (χ3v) is 3.49. The minimum Gasteiger partial charge on any atom is -0.464 e. The zero-order valence-corrected chi connectivity index (χ0v) is 12.1. The van der Waals surface area contributed by atoms with Gasteiger partial charge in [0.1, 0.15) is 12.1 Å². The van der Waals surface area contributed by atoms with Crippen LogP contribution in [-0.2, 0) is 10.2 Å². The van der Waals surface area contributed by atoms with Gasteiger partial charge in [0.05, 0.1) is 12.8 Å². The maximum absolute atomic E-state index is 11.4. The number of thiazole rings is 1. The summed E-state index contributed by atoms with van der Waals surface area (Å²) in [6.45, 7) is 6.26. The van der Waals surface area contributed by atoms with Gasteiger partial charge >= 0.3 is 5.97 Å². The van der Waals surface area contributed by atoms with Crippen molar-refractivity contribution >= 4 is 23.1 Å². The van der Waals surface area contributed by atoms with Gasteiger partial charge in [-0.1, -0.05) is 20.8 Å². The lowest BCUT2D eigenvalue weighted by atomic mass is 9.93. The molecule has 0 fully saturated rings. The zero-order valence-electron chi connectivity index (χ0n) is 11.3. The Bertz CT molecular complexity index is 610. The molecular formula is C12H16N4O2S. The lowest BCUT2D eigenvalue weighted by Crippen LogP contribution is -2.12. The number of imidazole rings is 1. The largest absolute Gasteiger partial charge is 0.464 e. The Hall–Kier alpha value is -1.89. The fourth-order valence-corrected chi connectivity index (χ4v) is 2.52. The number of esters is 1. The van der Waals surface area contributed by atoms with Gasteiger partial charge in [-0.25, -0.2) is 14.8 Å². The molecule has 19 heavy (non-hydrogen) atoms. The van der Waals surface area contributed by atoms with Gasteiger partial charge in [0.25, 0.3) is 0 Å². The number of carbonyl (C=O) groups excluding carboxylic acids is 1. The van der Waals surface area contributed by atoms with Crippen LogP contribution in [0.5, 0.6) is 0 Å². The van der Waals surface area contributed by atoms with Gasteiger partial charge in [0.2, 0.25) is 0 Å². The first-order chi connectivity index (χ1) is 8.84. The monoisotopic (exact) mass is 280 g/mol. The van der Waals surface area contributed by atoms with E-state index in [4.69, 9.17) is 5.73 Å². The summed E-state index contributed by atoms with van der Waals surface area (Å²) in [5, 5.41) is 2.66. The second-order valence-electron chi connectivity index (χ2n) is 5.11. The lowest BCUT2D eigenvalue weighted by molar-refractivity contribution is 0.0596. The van der Waals surface area contributed by atoms with Crippen LogP contribution in [0.4, 0.5) is 5.82 Å². The number of nitrogens with two attached hydrogens (primary N) is 1. The molecule has 0 aliphatic heterocycles. The van der Waals surface area contributed by atoms with Crippen molar-refractivity contribution in [2.45, 2.75) is 26.2 Å².